The Balaban J connectivity index is 1.65. The van der Waals surface area contributed by atoms with Crippen LogP contribution in [0, 0.1) is 11.6 Å². The van der Waals surface area contributed by atoms with Gasteiger partial charge in [-0.05, 0) is 29.8 Å². The van der Waals surface area contributed by atoms with Crippen molar-refractivity contribution in [3.63, 3.8) is 0 Å². The van der Waals surface area contributed by atoms with Crippen molar-refractivity contribution < 1.29 is 18.3 Å². The molecule has 3 aromatic rings. The van der Waals surface area contributed by atoms with E-state index in [0.717, 1.165) is 17.7 Å². The zero-order valence-corrected chi connectivity index (χ0v) is 13.7. The third-order valence-corrected chi connectivity index (χ3v) is 3.52. The molecule has 0 aliphatic carbocycles. The van der Waals surface area contributed by atoms with Gasteiger partial charge in [-0.1, -0.05) is 12.1 Å². The molecule has 0 saturated carbocycles. The van der Waals surface area contributed by atoms with Crippen LogP contribution in [0.5, 0.6) is 11.6 Å². The van der Waals surface area contributed by atoms with E-state index in [4.69, 9.17) is 4.74 Å². The second-order valence-electron chi connectivity index (χ2n) is 5.46. The molecule has 0 aliphatic rings. The normalized spacial score (nSPS) is 10.4. The minimum atomic E-state index is -1.01. The van der Waals surface area contributed by atoms with Crippen LogP contribution in [0.4, 0.5) is 8.78 Å². The van der Waals surface area contributed by atoms with Gasteiger partial charge in [-0.15, -0.1) is 0 Å². The summed E-state index contributed by atoms with van der Waals surface area (Å²) >= 11 is 0. The first-order valence-electron chi connectivity index (χ1n) is 7.84. The molecule has 2 aromatic heterocycles. The monoisotopic (exact) mass is 355 g/mol. The number of pyridine rings is 2. The lowest BCUT2D eigenvalue weighted by Gasteiger charge is -2.11. The van der Waals surface area contributed by atoms with Gasteiger partial charge in [0, 0.05) is 36.8 Å². The van der Waals surface area contributed by atoms with Crippen LogP contribution in [0.25, 0.3) is 0 Å². The standard InChI is InChI=1S/C19H15F2N3O2/c20-16-6-5-15(10-17(16)21)26-19-14(4-2-8-23-19)12-24-18(25)9-13-3-1-7-22-11-13/h1-8,10-11H,9,12H2,(H,24,25). The Morgan fingerprint density at radius 2 is 1.92 bits per heavy atom. The molecule has 1 N–H and O–H groups in total. The SMILES string of the molecule is O=C(Cc1cccnc1)NCc1cccnc1Oc1ccc(F)c(F)c1. The van der Waals surface area contributed by atoms with Crippen LogP contribution in [-0.2, 0) is 17.8 Å². The minimum Gasteiger partial charge on any atom is -0.439 e. The minimum absolute atomic E-state index is 0.116. The van der Waals surface area contributed by atoms with Crippen molar-refractivity contribution in [2.24, 2.45) is 0 Å². The summed E-state index contributed by atoms with van der Waals surface area (Å²) in [5.74, 6) is -1.82. The van der Waals surface area contributed by atoms with E-state index >= 15 is 0 Å². The lowest BCUT2D eigenvalue weighted by Crippen LogP contribution is -2.24. The Morgan fingerprint density at radius 1 is 1.08 bits per heavy atom. The Morgan fingerprint density at radius 3 is 2.69 bits per heavy atom. The number of carbonyl (C=O) groups excluding carboxylic acids is 1. The smallest absolute Gasteiger partial charge is 0.224 e. The van der Waals surface area contributed by atoms with Crippen LogP contribution in [0.15, 0.2) is 61.1 Å². The van der Waals surface area contributed by atoms with Crippen molar-refractivity contribution in [1.29, 1.82) is 0 Å². The third-order valence-electron chi connectivity index (χ3n) is 3.52. The average Bonchev–Trinajstić information content (AvgIpc) is 2.65. The molecule has 2 heterocycles. The van der Waals surface area contributed by atoms with E-state index in [9.17, 15) is 13.6 Å². The van der Waals surface area contributed by atoms with Gasteiger partial charge in [-0.25, -0.2) is 13.8 Å². The molecule has 3 rings (SSSR count). The van der Waals surface area contributed by atoms with Crippen LogP contribution in [0.1, 0.15) is 11.1 Å². The lowest BCUT2D eigenvalue weighted by molar-refractivity contribution is -0.120. The second kappa shape index (κ2) is 8.15. The van der Waals surface area contributed by atoms with Gasteiger partial charge in [-0.2, -0.15) is 0 Å². The first-order chi connectivity index (χ1) is 12.6. The van der Waals surface area contributed by atoms with Gasteiger partial charge in [0.2, 0.25) is 11.8 Å². The molecular weight excluding hydrogens is 340 g/mol. The molecule has 26 heavy (non-hydrogen) atoms. The van der Waals surface area contributed by atoms with Crippen molar-refractivity contribution in [1.82, 2.24) is 15.3 Å². The number of ether oxygens (including phenoxy) is 1. The van der Waals surface area contributed by atoms with Crippen LogP contribution in [0.2, 0.25) is 0 Å². The first kappa shape index (κ1) is 17.5. The van der Waals surface area contributed by atoms with Crippen LogP contribution in [0.3, 0.4) is 0 Å². The van der Waals surface area contributed by atoms with Crippen molar-refractivity contribution in [2.75, 3.05) is 0 Å². The molecule has 7 heteroatoms. The van der Waals surface area contributed by atoms with E-state index in [-0.39, 0.29) is 30.5 Å². The molecule has 132 valence electrons. The highest BCUT2D eigenvalue weighted by Crippen LogP contribution is 2.24. The summed E-state index contributed by atoms with van der Waals surface area (Å²) in [6, 6.07) is 10.2. The molecule has 0 bridgehead atoms. The molecule has 0 atom stereocenters. The zero-order chi connectivity index (χ0) is 18.4. The summed E-state index contributed by atoms with van der Waals surface area (Å²) in [5, 5.41) is 2.77. The van der Waals surface area contributed by atoms with E-state index in [1.165, 1.54) is 12.3 Å². The van der Waals surface area contributed by atoms with Gasteiger partial charge in [0.05, 0.1) is 6.42 Å². The summed E-state index contributed by atoms with van der Waals surface area (Å²) in [4.78, 5) is 20.1. The Hall–Kier alpha value is -3.35. The molecule has 0 saturated heterocycles. The molecule has 0 unspecified atom stereocenters. The average molecular weight is 355 g/mol. The predicted octanol–water partition coefficient (Wildman–Crippen LogP) is 3.41. The summed E-state index contributed by atoms with van der Waals surface area (Å²) in [7, 11) is 0. The van der Waals surface area contributed by atoms with Crippen LogP contribution >= 0.6 is 0 Å². The number of aromatic nitrogens is 2. The van der Waals surface area contributed by atoms with Crippen molar-refractivity contribution in [2.45, 2.75) is 13.0 Å². The topological polar surface area (TPSA) is 64.1 Å². The maximum absolute atomic E-state index is 13.3. The summed E-state index contributed by atoms with van der Waals surface area (Å²) in [6.45, 7) is 0.186. The molecule has 1 aromatic carbocycles. The highest BCUT2D eigenvalue weighted by atomic mass is 19.2. The number of hydrogen-bond acceptors (Lipinski definition) is 4. The summed E-state index contributed by atoms with van der Waals surface area (Å²) in [6.07, 6.45) is 4.98. The summed E-state index contributed by atoms with van der Waals surface area (Å²) in [5.41, 5.74) is 1.41. The quantitative estimate of drug-likeness (QED) is 0.736. The van der Waals surface area contributed by atoms with Gasteiger partial charge in [-0.3, -0.25) is 9.78 Å². The highest BCUT2D eigenvalue weighted by Gasteiger charge is 2.10. The van der Waals surface area contributed by atoms with E-state index < -0.39 is 11.6 Å². The van der Waals surface area contributed by atoms with Crippen molar-refractivity contribution in [3.05, 3.63) is 83.8 Å². The number of carbonyl (C=O) groups is 1. The van der Waals surface area contributed by atoms with E-state index in [1.807, 2.05) is 6.07 Å². The van der Waals surface area contributed by atoms with Gasteiger partial charge in [0.15, 0.2) is 11.6 Å². The lowest BCUT2D eigenvalue weighted by atomic mass is 10.2. The zero-order valence-electron chi connectivity index (χ0n) is 13.7. The van der Waals surface area contributed by atoms with Gasteiger partial charge >= 0.3 is 0 Å². The Labute approximate surface area is 148 Å². The molecule has 0 aliphatic heterocycles. The third kappa shape index (κ3) is 4.60. The fourth-order valence-electron chi connectivity index (χ4n) is 2.25. The largest absolute Gasteiger partial charge is 0.439 e. The Bertz CT molecular complexity index is 904. The van der Waals surface area contributed by atoms with E-state index in [2.05, 4.69) is 15.3 Å². The molecule has 1 amide bonds. The second-order valence-corrected chi connectivity index (χ2v) is 5.46. The first-order valence-corrected chi connectivity index (χ1v) is 7.84. The number of halogens is 2. The maximum atomic E-state index is 13.3. The van der Waals surface area contributed by atoms with Gasteiger partial charge in [0.25, 0.3) is 0 Å². The highest BCUT2D eigenvalue weighted by molar-refractivity contribution is 5.78. The number of hydrogen-bond donors (Lipinski definition) is 1. The number of amides is 1. The molecular formula is C19H15F2N3O2. The van der Waals surface area contributed by atoms with Crippen LogP contribution in [-0.4, -0.2) is 15.9 Å². The predicted molar refractivity (Wildman–Crippen MR) is 90.5 cm³/mol. The van der Waals surface area contributed by atoms with Crippen molar-refractivity contribution in [3.8, 4) is 11.6 Å². The van der Waals surface area contributed by atoms with Gasteiger partial charge < -0.3 is 10.1 Å². The molecule has 0 fully saturated rings. The Kier molecular flexibility index (Phi) is 5.48. The fraction of sp³-hybridized carbons (Fsp3) is 0.105. The number of nitrogens with zero attached hydrogens (tertiary/aromatic N) is 2. The van der Waals surface area contributed by atoms with Crippen molar-refractivity contribution >= 4 is 5.91 Å². The fourth-order valence-corrected chi connectivity index (χ4v) is 2.25. The maximum Gasteiger partial charge on any atom is 0.224 e. The summed E-state index contributed by atoms with van der Waals surface area (Å²) < 4.78 is 31.8. The van der Waals surface area contributed by atoms with E-state index in [0.29, 0.717) is 5.56 Å². The molecule has 5 nitrogen and oxygen atoms in total. The van der Waals surface area contributed by atoms with Crippen LogP contribution < -0.4 is 10.1 Å². The number of rotatable bonds is 6. The molecule has 0 radical (unpaired) electrons. The number of benzene rings is 1. The van der Waals surface area contributed by atoms with Gasteiger partial charge in [0.1, 0.15) is 5.75 Å². The van der Waals surface area contributed by atoms with E-state index in [1.54, 1.807) is 30.6 Å². The number of nitrogens with one attached hydrogen (secondary N) is 1. The molecule has 0 spiro atoms.